The predicted octanol–water partition coefficient (Wildman–Crippen LogP) is 11.4. The highest BCUT2D eigenvalue weighted by Gasteiger charge is 2.22. The summed E-state index contributed by atoms with van der Waals surface area (Å²) in [6, 6.07) is 56.5. The van der Waals surface area contributed by atoms with Crippen LogP contribution in [-0.4, -0.2) is 24.5 Å². The molecule has 5 nitrogen and oxygen atoms in total. The Morgan fingerprint density at radius 1 is 0.420 bits per heavy atom. The van der Waals surface area contributed by atoms with Crippen molar-refractivity contribution in [3.05, 3.63) is 164 Å². The molecule has 0 saturated carbocycles. The SMILES string of the molecule is c1ccc(-c2cc(-c3ccccc3)nc(-c3cccc4c3sc3c(-c5ccccc5)nc(-n5c6ccccc6c6ccccc65)nc34)n2)cc1. The van der Waals surface area contributed by atoms with Gasteiger partial charge in [-0.2, -0.15) is 0 Å². The van der Waals surface area contributed by atoms with E-state index in [1.54, 1.807) is 11.3 Å². The Balaban J connectivity index is 1.26. The smallest absolute Gasteiger partial charge is 0.235 e. The first kappa shape index (κ1) is 28.5. The van der Waals surface area contributed by atoms with E-state index < -0.39 is 0 Å². The molecule has 0 fully saturated rings. The Labute approximate surface area is 291 Å². The maximum atomic E-state index is 5.38. The molecule has 0 N–H and O–H groups in total. The van der Waals surface area contributed by atoms with Crippen LogP contribution in [0.1, 0.15) is 0 Å². The Hall–Kier alpha value is -6.50. The monoisotopic (exact) mass is 657 g/mol. The number of hydrogen-bond acceptors (Lipinski definition) is 5. The quantitative estimate of drug-likeness (QED) is 0.185. The van der Waals surface area contributed by atoms with E-state index in [2.05, 4.69) is 126 Å². The topological polar surface area (TPSA) is 56.5 Å². The minimum Gasteiger partial charge on any atom is -0.278 e. The van der Waals surface area contributed by atoms with Gasteiger partial charge in [0.05, 0.1) is 38.3 Å². The summed E-state index contributed by atoms with van der Waals surface area (Å²) in [5, 5.41) is 3.41. The zero-order valence-electron chi connectivity index (χ0n) is 26.7. The predicted molar refractivity (Wildman–Crippen MR) is 207 cm³/mol. The first-order valence-electron chi connectivity index (χ1n) is 16.6. The lowest BCUT2D eigenvalue weighted by atomic mass is 10.1. The maximum absolute atomic E-state index is 5.38. The zero-order valence-corrected chi connectivity index (χ0v) is 27.5. The second kappa shape index (κ2) is 11.6. The van der Waals surface area contributed by atoms with Gasteiger partial charge in [-0.3, -0.25) is 4.57 Å². The number of rotatable bonds is 5. The Bertz CT molecular complexity index is 2750. The number of aromatic nitrogens is 5. The number of para-hydroxylation sites is 2. The molecule has 50 heavy (non-hydrogen) atoms. The molecular formula is C44H27N5S. The average Bonchev–Trinajstić information content (AvgIpc) is 3.74. The van der Waals surface area contributed by atoms with E-state index in [0.29, 0.717) is 11.8 Å². The summed E-state index contributed by atoms with van der Waals surface area (Å²) in [7, 11) is 0. The molecule has 0 atom stereocenters. The fraction of sp³-hybridized carbons (Fsp3) is 0. The molecule has 6 heteroatoms. The van der Waals surface area contributed by atoms with Crippen molar-refractivity contribution in [2.45, 2.75) is 0 Å². The molecule has 10 aromatic rings. The van der Waals surface area contributed by atoms with Crippen LogP contribution in [0.25, 0.3) is 93.2 Å². The van der Waals surface area contributed by atoms with Gasteiger partial charge in [0.25, 0.3) is 0 Å². The van der Waals surface area contributed by atoms with E-state index in [4.69, 9.17) is 19.9 Å². The van der Waals surface area contributed by atoms with Crippen LogP contribution < -0.4 is 0 Å². The van der Waals surface area contributed by atoms with Gasteiger partial charge in [0.2, 0.25) is 5.95 Å². The van der Waals surface area contributed by atoms with Crippen LogP contribution >= 0.6 is 11.3 Å². The van der Waals surface area contributed by atoms with Crippen molar-refractivity contribution in [2.75, 3.05) is 0 Å². The lowest BCUT2D eigenvalue weighted by Gasteiger charge is -2.10. The maximum Gasteiger partial charge on any atom is 0.235 e. The minimum absolute atomic E-state index is 0.646. The molecule has 0 radical (unpaired) electrons. The van der Waals surface area contributed by atoms with Gasteiger partial charge in [-0.15, -0.1) is 11.3 Å². The minimum atomic E-state index is 0.646. The molecule has 0 spiro atoms. The molecule has 4 heterocycles. The molecule has 0 bridgehead atoms. The Morgan fingerprint density at radius 3 is 1.54 bits per heavy atom. The molecule has 10 rings (SSSR count). The first-order valence-corrected chi connectivity index (χ1v) is 17.4. The van der Waals surface area contributed by atoms with Crippen LogP contribution in [0, 0.1) is 0 Å². The lowest BCUT2D eigenvalue weighted by Crippen LogP contribution is -2.02. The molecule has 0 saturated heterocycles. The first-order chi connectivity index (χ1) is 24.8. The van der Waals surface area contributed by atoms with Gasteiger partial charge in [0, 0.05) is 43.1 Å². The summed E-state index contributed by atoms with van der Waals surface area (Å²) < 4.78 is 4.31. The highest BCUT2D eigenvalue weighted by atomic mass is 32.1. The summed E-state index contributed by atoms with van der Waals surface area (Å²) >= 11 is 1.71. The van der Waals surface area contributed by atoms with Crippen molar-refractivity contribution in [1.29, 1.82) is 0 Å². The summed E-state index contributed by atoms with van der Waals surface area (Å²) in [5.74, 6) is 1.33. The number of fused-ring (bicyclic) bond motifs is 6. The van der Waals surface area contributed by atoms with Crippen LogP contribution in [0.2, 0.25) is 0 Å². The van der Waals surface area contributed by atoms with Crippen LogP contribution in [0.3, 0.4) is 0 Å². The molecule has 4 aromatic heterocycles. The molecule has 234 valence electrons. The normalized spacial score (nSPS) is 11.6. The summed E-state index contributed by atoms with van der Waals surface area (Å²) in [6.45, 7) is 0. The lowest BCUT2D eigenvalue weighted by molar-refractivity contribution is 1.02. The van der Waals surface area contributed by atoms with Gasteiger partial charge in [-0.1, -0.05) is 140 Å². The third kappa shape index (κ3) is 4.61. The molecule has 0 aliphatic rings. The second-order valence-electron chi connectivity index (χ2n) is 12.3. The van der Waals surface area contributed by atoms with Crippen molar-refractivity contribution in [3.8, 4) is 51.1 Å². The summed E-state index contributed by atoms with van der Waals surface area (Å²) in [4.78, 5) is 21.1. The largest absolute Gasteiger partial charge is 0.278 e. The average molecular weight is 658 g/mol. The third-order valence-electron chi connectivity index (χ3n) is 9.26. The van der Waals surface area contributed by atoms with Crippen LogP contribution in [0.4, 0.5) is 0 Å². The van der Waals surface area contributed by atoms with Gasteiger partial charge in [0.1, 0.15) is 0 Å². The zero-order chi connectivity index (χ0) is 33.0. The highest BCUT2D eigenvalue weighted by Crippen LogP contribution is 2.43. The van der Waals surface area contributed by atoms with Crippen LogP contribution in [0.15, 0.2) is 164 Å². The van der Waals surface area contributed by atoms with E-state index in [1.807, 2.05) is 42.5 Å². The molecule has 0 aliphatic carbocycles. The standard InChI is InChI=1S/C44H27N5S/c1-4-15-28(16-5-1)35-27-36(29-17-6-2-7-18-29)46-43(45-35)34-24-14-23-33-40-42(50-41(33)34)39(30-19-8-3-9-20-30)47-44(48-40)49-37-25-12-10-21-31(37)32-22-11-13-26-38(32)49/h1-27H. The van der Waals surface area contributed by atoms with Gasteiger partial charge in [0.15, 0.2) is 5.82 Å². The van der Waals surface area contributed by atoms with Crippen LogP contribution in [-0.2, 0) is 0 Å². The fourth-order valence-electron chi connectivity index (χ4n) is 6.94. The molecular weight excluding hydrogens is 631 g/mol. The third-order valence-corrected chi connectivity index (χ3v) is 10.5. The van der Waals surface area contributed by atoms with E-state index >= 15 is 0 Å². The van der Waals surface area contributed by atoms with E-state index in [-0.39, 0.29) is 0 Å². The van der Waals surface area contributed by atoms with Gasteiger partial charge in [-0.25, -0.2) is 19.9 Å². The second-order valence-corrected chi connectivity index (χ2v) is 13.3. The van der Waals surface area contributed by atoms with Gasteiger partial charge >= 0.3 is 0 Å². The van der Waals surface area contributed by atoms with Crippen molar-refractivity contribution in [2.24, 2.45) is 0 Å². The highest BCUT2D eigenvalue weighted by molar-refractivity contribution is 7.26. The van der Waals surface area contributed by atoms with Crippen LogP contribution in [0.5, 0.6) is 0 Å². The van der Waals surface area contributed by atoms with Crippen molar-refractivity contribution >= 4 is 53.4 Å². The number of hydrogen-bond donors (Lipinski definition) is 0. The Morgan fingerprint density at radius 2 is 0.940 bits per heavy atom. The number of thiophene rings is 1. The van der Waals surface area contributed by atoms with E-state index in [9.17, 15) is 0 Å². The fourth-order valence-corrected chi connectivity index (χ4v) is 8.20. The van der Waals surface area contributed by atoms with E-state index in [1.165, 1.54) is 10.8 Å². The summed E-state index contributed by atoms with van der Waals surface area (Å²) in [6.07, 6.45) is 0. The molecule has 6 aromatic carbocycles. The van der Waals surface area contributed by atoms with Crippen molar-refractivity contribution in [3.63, 3.8) is 0 Å². The van der Waals surface area contributed by atoms with E-state index in [0.717, 1.165) is 70.7 Å². The summed E-state index contributed by atoms with van der Waals surface area (Å²) in [5.41, 5.74) is 9.84. The molecule has 0 unspecified atom stereocenters. The van der Waals surface area contributed by atoms with Gasteiger partial charge < -0.3 is 0 Å². The van der Waals surface area contributed by atoms with Gasteiger partial charge in [-0.05, 0) is 24.3 Å². The molecule has 0 amide bonds. The van der Waals surface area contributed by atoms with Crippen molar-refractivity contribution in [1.82, 2.24) is 24.5 Å². The molecule has 0 aliphatic heterocycles. The number of benzene rings is 6. The van der Waals surface area contributed by atoms with Crippen molar-refractivity contribution < 1.29 is 0 Å². The Kier molecular flexibility index (Phi) is 6.60. The number of nitrogens with zero attached hydrogens (tertiary/aromatic N) is 5.